The molecule has 4 unspecified atom stereocenters. The molecule has 0 N–H and O–H groups in total. The Balaban J connectivity index is 0.000000106. The molecule has 10 nitrogen and oxygen atoms in total. The summed E-state index contributed by atoms with van der Waals surface area (Å²) in [6, 6.07) is 52.9. The molecule has 0 radical (unpaired) electrons. The normalized spacial score (nSPS) is 26.7. The molecular weight excluding hydrogens is 1560 g/mol. The predicted octanol–water partition coefficient (Wildman–Crippen LogP) is 24.8. The number of benzene rings is 5. The maximum atomic E-state index is 13.6. The monoisotopic (exact) mass is 1670 g/mol. The molecule has 1 saturated carbocycles. The summed E-state index contributed by atoms with van der Waals surface area (Å²) in [5, 5.41) is 0. The second-order valence-electron chi connectivity index (χ2n) is 35.9. The van der Waals surface area contributed by atoms with E-state index in [4.69, 9.17) is 4.98 Å². The fraction of sp³-hybridized carbons (Fsp3) is 0.423. The average Bonchev–Trinajstić information content (AvgIpc) is 1.58. The van der Waals surface area contributed by atoms with E-state index in [1.807, 2.05) is 51.8 Å². The highest BCUT2D eigenvalue weighted by molar-refractivity contribution is 7.11. The van der Waals surface area contributed by atoms with Crippen LogP contribution in [0.1, 0.15) is 271 Å². The third kappa shape index (κ3) is 14.0. The molecule has 119 heavy (non-hydrogen) atoms. The van der Waals surface area contributed by atoms with Crippen LogP contribution in [0.15, 0.2) is 235 Å². The van der Waals surface area contributed by atoms with Gasteiger partial charge in [-0.25, -0.2) is 24.9 Å². The minimum atomic E-state index is -0.291. The largest absolute Gasteiger partial charge is 0.294 e. The third-order valence-electron chi connectivity index (χ3n) is 29.1. The number of hydrogen-bond acceptors (Lipinski definition) is 15. The molecule has 9 atom stereocenters. The molecule has 0 aliphatic heterocycles. The van der Waals surface area contributed by atoms with Gasteiger partial charge in [-0.3, -0.25) is 24.0 Å². The number of carbonyl (C=O) groups is 5. The number of allylic oxidation sites excluding steroid dienone is 10. The quantitative estimate of drug-likeness (QED) is 0.122. The van der Waals surface area contributed by atoms with Gasteiger partial charge in [-0.15, -0.1) is 56.7 Å². The van der Waals surface area contributed by atoms with Gasteiger partial charge in [-0.2, -0.15) is 0 Å². The minimum Gasteiger partial charge on any atom is -0.294 e. The fourth-order valence-corrected chi connectivity index (χ4v) is 29.8. The number of aromatic nitrogens is 5. The van der Waals surface area contributed by atoms with Gasteiger partial charge in [0.05, 0.1) is 83.1 Å². The van der Waals surface area contributed by atoms with Crippen molar-refractivity contribution in [2.24, 2.45) is 29.1 Å². The van der Waals surface area contributed by atoms with E-state index in [9.17, 15) is 24.0 Å². The lowest BCUT2D eigenvalue weighted by Crippen LogP contribution is -2.42. The molecule has 11 aliphatic rings. The molecule has 11 aliphatic carbocycles. The Bertz CT molecular complexity index is 5350. The molecule has 1 fully saturated rings. The highest BCUT2D eigenvalue weighted by Crippen LogP contribution is 2.61. The lowest BCUT2D eigenvalue weighted by molar-refractivity contribution is -0.119. The lowest BCUT2D eigenvalue weighted by atomic mass is 9.58. The van der Waals surface area contributed by atoms with Crippen LogP contribution in [0.5, 0.6) is 0 Å². The zero-order valence-electron chi connectivity index (χ0n) is 70.6. The van der Waals surface area contributed by atoms with Gasteiger partial charge in [0.1, 0.15) is 0 Å². The van der Waals surface area contributed by atoms with Crippen molar-refractivity contribution in [2.75, 3.05) is 0 Å². The molecule has 0 amide bonds. The van der Waals surface area contributed by atoms with Gasteiger partial charge >= 0.3 is 0 Å². The molecule has 21 rings (SSSR count). The number of hydrogen-bond donors (Lipinski definition) is 0. The molecule has 5 aromatic carbocycles. The average molecular weight is 1670 g/mol. The summed E-state index contributed by atoms with van der Waals surface area (Å²) in [6.07, 6.45) is 23.8. The van der Waals surface area contributed by atoms with Crippen LogP contribution in [0.3, 0.4) is 0 Å². The van der Waals surface area contributed by atoms with Crippen LogP contribution in [0.4, 0.5) is 0 Å². The maximum absolute atomic E-state index is 13.6. The second-order valence-corrected chi connectivity index (χ2v) is 40.2. The zero-order valence-corrected chi connectivity index (χ0v) is 74.7. The summed E-state index contributed by atoms with van der Waals surface area (Å²) in [4.78, 5) is 95.7. The van der Waals surface area contributed by atoms with Crippen molar-refractivity contribution in [3.8, 4) is 0 Å². The van der Waals surface area contributed by atoms with Crippen LogP contribution in [-0.2, 0) is 83.2 Å². The van der Waals surface area contributed by atoms with Crippen molar-refractivity contribution >= 4 is 85.6 Å². The number of Topliss-reactive ketones (excluding diaryl/α,β-unsaturated/α-hetero) is 5. The summed E-state index contributed by atoms with van der Waals surface area (Å²) in [5.74, 6) is 3.69. The predicted molar refractivity (Wildman–Crippen MR) is 485 cm³/mol. The lowest BCUT2D eigenvalue weighted by Gasteiger charge is -2.45. The van der Waals surface area contributed by atoms with E-state index < -0.39 is 0 Å². The number of fused-ring (bicyclic) bond motifs is 5. The molecule has 5 heterocycles. The molecular formula is C104H111N5O5S5. The van der Waals surface area contributed by atoms with Gasteiger partial charge in [-0.1, -0.05) is 261 Å². The Hall–Kier alpha value is -8.70. The molecule has 1 spiro atoms. The van der Waals surface area contributed by atoms with Gasteiger partial charge in [-0.05, 0) is 134 Å². The Morgan fingerprint density at radius 2 is 0.538 bits per heavy atom. The van der Waals surface area contributed by atoms with E-state index in [1.165, 1.54) is 134 Å². The van der Waals surface area contributed by atoms with E-state index >= 15 is 0 Å². The Labute approximate surface area is 723 Å². The van der Waals surface area contributed by atoms with Gasteiger partial charge < -0.3 is 0 Å². The van der Waals surface area contributed by atoms with Crippen molar-refractivity contribution in [1.29, 1.82) is 0 Å². The fourth-order valence-electron chi connectivity index (χ4n) is 24.2. The van der Waals surface area contributed by atoms with Crippen molar-refractivity contribution < 1.29 is 24.0 Å². The van der Waals surface area contributed by atoms with Crippen LogP contribution in [0.2, 0.25) is 0 Å². The van der Waals surface area contributed by atoms with Crippen molar-refractivity contribution in [3.63, 3.8) is 0 Å². The Morgan fingerprint density at radius 3 is 0.798 bits per heavy atom. The highest BCUT2D eigenvalue weighted by Gasteiger charge is 2.56. The Morgan fingerprint density at radius 1 is 0.294 bits per heavy atom. The topological polar surface area (TPSA) is 150 Å². The van der Waals surface area contributed by atoms with E-state index in [1.54, 1.807) is 56.7 Å². The van der Waals surface area contributed by atoms with Crippen LogP contribution in [0, 0.1) is 29.1 Å². The first-order valence-electron chi connectivity index (χ1n) is 44.1. The second kappa shape index (κ2) is 34.0. The first kappa shape index (κ1) is 82.6. The van der Waals surface area contributed by atoms with E-state index in [0.717, 1.165) is 137 Å². The van der Waals surface area contributed by atoms with E-state index in [-0.39, 0.29) is 32.5 Å². The van der Waals surface area contributed by atoms with Gasteiger partial charge in [0.2, 0.25) is 0 Å². The number of rotatable bonds is 11. The van der Waals surface area contributed by atoms with Crippen molar-refractivity contribution in [1.82, 2.24) is 24.9 Å². The van der Waals surface area contributed by atoms with Crippen LogP contribution in [0.25, 0.3) is 0 Å². The standard InChI is InChI=1S/C23H25NOS.C21H23NOS.3C20H21NOS/c1-2-23(17-8-4-3-5-9-17)20-16(12-18-21(23)26-15-24-18)13-22(14-19(20)25)10-6-7-11-22;1-3-14-10-15-12-17-20(24-13-22-17)21(4-2,19(15)18(23)11-14)16-8-6-5-7-9-16;3*1-3-20(15-7-5-4-6-8-15)18-14(9-13(2)10-17(18)22)11-16-19(20)23-12-21-16/h3-5,8-9,15H,2,6-7,10-14H2,1H3;5-9,13-14H,3-4,10-12H2,1-2H3;3*4-8,12-13H,3,9-11H2,1-2H3/t23-;;13-,20+;13-,20-;/m1.01./s1. The summed E-state index contributed by atoms with van der Waals surface area (Å²) >= 11 is 8.59. The molecule has 10 aromatic rings. The SMILES string of the molecule is CCC1(c2ccccc2)C2=C(Cc3ncsc31)CC(C)CC2=O.CCC1CC(=O)C2=C(Cc3ncsc3C2(CC)c2ccccc2)C1.CC[C@@]1(c2ccccc2)C2=C(Cc3ncsc31)CC1(CCCC1)CC2=O.CC[C@@]1(c2ccccc2)C2=C(Cc3ncsc31)C[C@@H](C)CC2=O.CC[C@@]1(c2ccccc2)C2=C(Cc3ncsc31)C[C@H](C)CC2=O. The van der Waals surface area contributed by atoms with Crippen LogP contribution >= 0.6 is 56.7 Å². The molecule has 15 heteroatoms. The minimum absolute atomic E-state index is 0.250. The Kier molecular flexibility index (Phi) is 23.6. The maximum Gasteiger partial charge on any atom is 0.160 e. The van der Waals surface area contributed by atoms with E-state index in [0.29, 0.717) is 78.3 Å². The first-order chi connectivity index (χ1) is 57.9. The zero-order chi connectivity index (χ0) is 82.6. The number of nitrogens with zero attached hydrogens (tertiary/aromatic N) is 5. The van der Waals surface area contributed by atoms with Crippen molar-refractivity contribution in [3.05, 3.63) is 316 Å². The first-order valence-corrected chi connectivity index (χ1v) is 48.5. The van der Waals surface area contributed by atoms with E-state index in [2.05, 4.69) is 210 Å². The number of thiazole rings is 5. The summed E-state index contributed by atoms with van der Waals surface area (Å²) < 4.78 is 0. The van der Waals surface area contributed by atoms with Crippen LogP contribution in [-0.4, -0.2) is 53.8 Å². The highest BCUT2D eigenvalue weighted by atomic mass is 32.1. The smallest absolute Gasteiger partial charge is 0.160 e. The molecule has 0 saturated heterocycles. The molecule has 0 bridgehead atoms. The number of carbonyl (C=O) groups excluding carboxylic acids is 5. The van der Waals surface area contributed by atoms with Gasteiger partial charge in [0.15, 0.2) is 28.9 Å². The summed E-state index contributed by atoms with van der Waals surface area (Å²) in [6.45, 7) is 19.8. The molecule has 5 aromatic heterocycles. The third-order valence-corrected chi connectivity index (χ3v) is 34.2. The van der Waals surface area contributed by atoms with Gasteiger partial charge in [0.25, 0.3) is 0 Å². The van der Waals surface area contributed by atoms with Crippen LogP contribution < -0.4 is 0 Å². The van der Waals surface area contributed by atoms with Gasteiger partial charge in [0, 0.05) is 116 Å². The molecule has 612 valence electrons. The number of ketones is 5. The van der Waals surface area contributed by atoms with Crippen molar-refractivity contribution in [2.45, 2.75) is 250 Å². The summed E-state index contributed by atoms with van der Waals surface area (Å²) in [5.41, 5.74) is 33.0. The summed E-state index contributed by atoms with van der Waals surface area (Å²) in [7, 11) is 0.